The van der Waals surface area contributed by atoms with E-state index in [1.165, 1.54) is 12.4 Å². The monoisotopic (exact) mass is 549 g/mol. The van der Waals surface area contributed by atoms with E-state index >= 15 is 0 Å². The number of pyridine rings is 1. The molecule has 190 valence electrons. The number of rotatable bonds is 7. The average molecular weight is 551 g/mol. The van der Waals surface area contributed by atoms with E-state index in [1.807, 2.05) is 6.07 Å². The lowest BCUT2D eigenvalue weighted by Gasteiger charge is -2.26. The van der Waals surface area contributed by atoms with Crippen LogP contribution in [0.2, 0.25) is 10.0 Å². The zero-order valence-corrected chi connectivity index (χ0v) is 22.0. The zero-order valence-electron chi connectivity index (χ0n) is 19.7. The van der Waals surface area contributed by atoms with Gasteiger partial charge in [0.05, 0.1) is 15.6 Å². The number of hydrogen-bond acceptors (Lipinski definition) is 5. The van der Waals surface area contributed by atoms with Crippen molar-refractivity contribution in [3.8, 4) is 0 Å². The lowest BCUT2D eigenvalue weighted by atomic mass is 9.83. The number of ketones is 1. The van der Waals surface area contributed by atoms with Crippen LogP contribution in [-0.4, -0.2) is 51.4 Å². The Kier molecular flexibility index (Phi) is 8.33. The zero-order chi connectivity index (χ0) is 26.0. The Morgan fingerprint density at radius 3 is 2.61 bits per heavy atom. The maximum absolute atomic E-state index is 13.1. The van der Waals surface area contributed by atoms with Crippen LogP contribution in [0.25, 0.3) is 0 Å². The third-order valence-electron chi connectivity index (χ3n) is 6.65. The molecule has 1 saturated carbocycles. The van der Waals surface area contributed by atoms with Gasteiger partial charge < -0.3 is 10.0 Å². The van der Waals surface area contributed by atoms with Crippen LogP contribution in [-0.2, 0) is 22.4 Å². The smallest absolute Gasteiger partial charge is 0.328 e. The Bertz CT molecular complexity index is 1210. The van der Waals surface area contributed by atoms with Gasteiger partial charge in [0.15, 0.2) is 11.8 Å². The molecule has 0 radical (unpaired) electrons. The highest BCUT2D eigenvalue weighted by molar-refractivity contribution is 6.43. The van der Waals surface area contributed by atoms with Gasteiger partial charge in [-0.2, -0.15) is 0 Å². The van der Waals surface area contributed by atoms with Crippen molar-refractivity contribution in [3.05, 3.63) is 57.3 Å². The first-order valence-electron chi connectivity index (χ1n) is 11.9. The number of anilines is 1. The normalized spacial score (nSPS) is 21.5. The van der Waals surface area contributed by atoms with Crippen molar-refractivity contribution in [1.82, 2.24) is 4.98 Å². The number of Topliss-reactive ketones (excluding diaryl/α,β-unsaturated/α-hetero) is 1. The third-order valence-corrected chi connectivity index (χ3v) is 7.72. The standard InChI is InChI=1S/C26H26Cl3N3O4/c1-2-3-14-9-19(24(29)22(33)11-14)31-20(26(35)36)10-15-4-5-21-16(8-15)6-7-32(21)25(34)23-17(27)12-30-13-18(23)28/h4-5,8,12-14,20,24H,2-3,6-7,9-11H2,1H3,(H,35,36). The molecule has 0 saturated heterocycles. The molecule has 3 atom stereocenters. The molecule has 7 nitrogen and oxygen atoms in total. The van der Waals surface area contributed by atoms with E-state index in [0.717, 1.165) is 29.7 Å². The summed E-state index contributed by atoms with van der Waals surface area (Å²) in [5.41, 5.74) is 3.09. The maximum atomic E-state index is 13.1. The van der Waals surface area contributed by atoms with Gasteiger partial charge in [-0.3, -0.25) is 19.6 Å². The number of nitrogens with zero attached hydrogens (tertiary/aromatic N) is 3. The minimum absolute atomic E-state index is 0.0963. The van der Waals surface area contributed by atoms with E-state index in [1.54, 1.807) is 17.0 Å². The fourth-order valence-electron chi connectivity index (χ4n) is 4.93. The summed E-state index contributed by atoms with van der Waals surface area (Å²) in [5.74, 6) is -1.33. The van der Waals surface area contributed by atoms with E-state index in [2.05, 4.69) is 16.9 Å². The molecule has 1 aromatic heterocycles. The number of aromatic nitrogens is 1. The molecule has 10 heteroatoms. The average Bonchev–Trinajstić information content (AvgIpc) is 3.25. The molecule has 1 aromatic carbocycles. The molecule has 1 aliphatic heterocycles. The van der Waals surface area contributed by atoms with E-state index in [4.69, 9.17) is 34.8 Å². The summed E-state index contributed by atoms with van der Waals surface area (Å²) >= 11 is 18.7. The predicted octanol–water partition coefficient (Wildman–Crippen LogP) is 5.41. The highest BCUT2D eigenvalue weighted by atomic mass is 35.5. The van der Waals surface area contributed by atoms with Crippen molar-refractivity contribution < 1.29 is 19.5 Å². The van der Waals surface area contributed by atoms with Crippen LogP contribution in [0.15, 0.2) is 35.6 Å². The summed E-state index contributed by atoms with van der Waals surface area (Å²) in [6.45, 7) is 2.50. The number of fused-ring (bicyclic) bond motifs is 1. The summed E-state index contributed by atoms with van der Waals surface area (Å²) in [5, 5.41) is 9.35. The van der Waals surface area contributed by atoms with Gasteiger partial charge in [0.25, 0.3) is 5.91 Å². The Morgan fingerprint density at radius 2 is 1.94 bits per heavy atom. The number of alkyl halides is 1. The molecule has 0 bridgehead atoms. The number of carbonyl (C=O) groups excluding carboxylic acids is 2. The Balaban J connectivity index is 1.55. The molecule has 1 fully saturated rings. The summed E-state index contributed by atoms with van der Waals surface area (Å²) < 4.78 is 0. The quantitative estimate of drug-likeness (QED) is 0.464. The Hall–Kier alpha value is -2.48. The van der Waals surface area contributed by atoms with Gasteiger partial charge in [-0.1, -0.05) is 48.7 Å². The topological polar surface area (TPSA) is 99.9 Å². The molecule has 36 heavy (non-hydrogen) atoms. The molecule has 4 rings (SSSR count). The lowest BCUT2D eigenvalue weighted by Crippen LogP contribution is -2.36. The van der Waals surface area contributed by atoms with Crippen LogP contribution in [0.1, 0.15) is 54.1 Å². The lowest BCUT2D eigenvalue weighted by molar-refractivity contribution is -0.138. The van der Waals surface area contributed by atoms with Crippen molar-refractivity contribution in [2.45, 2.75) is 56.9 Å². The van der Waals surface area contributed by atoms with Gasteiger partial charge >= 0.3 is 5.97 Å². The number of hydrogen-bond donors (Lipinski definition) is 1. The van der Waals surface area contributed by atoms with Crippen molar-refractivity contribution in [2.24, 2.45) is 10.9 Å². The third kappa shape index (κ3) is 5.58. The van der Waals surface area contributed by atoms with Gasteiger partial charge in [-0.05, 0) is 42.4 Å². The molecule has 3 unspecified atom stereocenters. The van der Waals surface area contributed by atoms with Crippen molar-refractivity contribution in [3.63, 3.8) is 0 Å². The van der Waals surface area contributed by atoms with Gasteiger partial charge in [0.1, 0.15) is 5.38 Å². The number of carbonyl (C=O) groups is 3. The van der Waals surface area contributed by atoms with Gasteiger partial charge in [0, 0.05) is 43.2 Å². The molecular weight excluding hydrogens is 525 g/mol. The number of benzene rings is 1. The molecule has 1 aliphatic carbocycles. The number of amides is 1. The van der Waals surface area contributed by atoms with Crippen LogP contribution in [0, 0.1) is 5.92 Å². The maximum Gasteiger partial charge on any atom is 0.328 e. The number of halogens is 3. The van der Waals surface area contributed by atoms with Gasteiger partial charge in [0.2, 0.25) is 0 Å². The second-order valence-corrected chi connectivity index (χ2v) is 10.5. The molecule has 2 heterocycles. The number of aliphatic imine (C=N–C) groups is 1. The second-order valence-electron chi connectivity index (χ2n) is 9.22. The highest BCUT2D eigenvalue weighted by Crippen LogP contribution is 2.34. The number of aliphatic carboxylic acids is 1. The van der Waals surface area contributed by atoms with E-state index in [-0.39, 0.29) is 39.6 Å². The first-order valence-corrected chi connectivity index (χ1v) is 13.1. The van der Waals surface area contributed by atoms with Crippen LogP contribution >= 0.6 is 34.8 Å². The summed E-state index contributed by atoms with van der Waals surface area (Å²) in [4.78, 5) is 47.5. The molecule has 1 N–H and O–H groups in total. The van der Waals surface area contributed by atoms with Crippen LogP contribution in [0.4, 0.5) is 5.69 Å². The summed E-state index contributed by atoms with van der Waals surface area (Å²) in [6, 6.07) is 4.44. The molecule has 1 amide bonds. The largest absolute Gasteiger partial charge is 0.480 e. The minimum Gasteiger partial charge on any atom is -0.480 e. The second kappa shape index (κ2) is 11.3. The number of carboxylic acid groups (broad SMARTS) is 1. The molecular formula is C26H26Cl3N3O4. The van der Waals surface area contributed by atoms with Crippen molar-refractivity contribution in [2.75, 3.05) is 11.4 Å². The molecule has 0 spiro atoms. The van der Waals surface area contributed by atoms with Gasteiger partial charge in [-0.15, -0.1) is 11.6 Å². The summed E-state index contributed by atoms with van der Waals surface area (Å²) in [6.07, 6.45) is 6.29. The summed E-state index contributed by atoms with van der Waals surface area (Å²) in [7, 11) is 0. The number of carboxylic acids is 1. The van der Waals surface area contributed by atoms with Crippen molar-refractivity contribution >= 4 is 63.9 Å². The van der Waals surface area contributed by atoms with Gasteiger partial charge in [-0.25, -0.2) is 4.79 Å². The Morgan fingerprint density at radius 1 is 1.22 bits per heavy atom. The first kappa shape index (κ1) is 26.6. The molecule has 2 aromatic rings. The van der Waals surface area contributed by atoms with Crippen LogP contribution in [0.3, 0.4) is 0 Å². The van der Waals surface area contributed by atoms with Crippen LogP contribution < -0.4 is 4.90 Å². The fraction of sp³-hybridized carbons (Fsp3) is 0.423. The SMILES string of the molecule is CCCC1CC(=O)C(Cl)C(=NC(Cc2ccc3c(c2)CCN3C(=O)c2c(Cl)cncc2Cl)C(=O)O)C1. The van der Waals surface area contributed by atoms with E-state index < -0.39 is 17.4 Å². The highest BCUT2D eigenvalue weighted by Gasteiger charge is 2.34. The van der Waals surface area contributed by atoms with E-state index in [0.29, 0.717) is 31.5 Å². The Labute approximate surface area is 224 Å². The first-order chi connectivity index (χ1) is 17.2. The van der Waals surface area contributed by atoms with Crippen molar-refractivity contribution in [1.29, 1.82) is 0 Å². The van der Waals surface area contributed by atoms with E-state index in [9.17, 15) is 19.5 Å². The predicted molar refractivity (Wildman–Crippen MR) is 141 cm³/mol. The minimum atomic E-state index is -1.07. The molecule has 2 aliphatic rings. The van der Waals surface area contributed by atoms with Crippen LogP contribution in [0.5, 0.6) is 0 Å². The fourth-order valence-corrected chi connectivity index (χ4v) is 5.69.